The highest BCUT2D eigenvalue weighted by Crippen LogP contribution is 2.24. The van der Waals surface area contributed by atoms with Gasteiger partial charge in [0.1, 0.15) is 0 Å². The van der Waals surface area contributed by atoms with Gasteiger partial charge in [-0.05, 0) is 47.9 Å². The molecule has 3 aromatic carbocycles. The summed E-state index contributed by atoms with van der Waals surface area (Å²) in [6.45, 7) is 2.74. The van der Waals surface area contributed by atoms with E-state index >= 15 is 0 Å². The Morgan fingerprint density at radius 3 is 2.52 bits per heavy atom. The summed E-state index contributed by atoms with van der Waals surface area (Å²) in [5, 5.41) is 0.590. The molecule has 33 heavy (non-hydrogen) atoms. The fourth-order valence-corrected chi connectivity index (χ4v) is 6.77. The van der Waals surface area contributed by atoms with Gasteiger partial charge in [0.2, 0.25) is 10.0 Å². The van der Waals surface area contributed by atoms with Crippen molar-refractivity contribution in [3.05, 3.63) is 98.1 Å². The highest BCUT2D eigenvalue weighted by atomic mass is 35.5. The van der Waals surface area contributed by atoms with Crippen LogP contribution in [0.15, 0.2) is 76.4 Å². The largest absolute Gasteiger partial charge is 0.308 e. The van der Waals surface area contributed by atoms with Gasteiger partial charge in [-0.2, -0.15) is 11.8 Å². The van der Waals surface area contributed by atoms with E-state index in [1.165, 1.54) is 11.1 Å². The van der Waals surface area contributed by atoms with Gasteiger partial charge < -0.3 is 0 Å². The predicted octanol–water partition coefficient (Wildman–Crippen LogP) is 5.28. The van der Waals surface area contributed by atoms with E-state index in [1.807, 2.05) is 30.3 Å². The van der Waals surface area contributed by atoms with Gasteiger partial charge in [0.05, 0.1) is 21.7 Å². The first-order valence-electron chi connectivity index (χ1n) is 10.3. The van der Waals surface area contributed by atoms with Crippen LogP contribution in [0.25, 0.3) is 10.2 Å². The second kappa shape index (κ2) is 10.4. The Hall–Kier alpha value is -2.10. The third-order valence-electron chi connectivity index (χ3n) is 5.29. The van der Waals surface area contributed by atoms with Crippen LogP contribution in [0.2, 0.25) is 5.02 Å². The van der Waals surface area contributed by atoms with Gasteiger partial charge in [0.25, 0.3) is 0 Å². The van der Waals surface area contributed by atoms with E-state index in [-0.39, 0.29) is 9.77 Å². The van der Waals surface area contributed by atoms with Crippen molar-refractivity contribution < 1.29 is 8.42 Å². The lowest BCUT2D eigenvalue weighted by atomic mass is 10.1. The number of thiazole rings is 1. The number of rotatable bonds is 9. The van der Waals surface area contributed by atoms with Crippen LogP contribution in [0, 0.1) is 6.92 Å². The van der Waals surface area contributed by atoms with Crippen molar-refractivity contribution in [1.82, 2.24) is 9.29 Å². The number of nitrogens with zero attached hydrogens (tertiary/aromatic N) is 1. The quantitative estimate of drug-likeness (QED) is 0.306. The van der Waals surface area contributed by atoms with Crippen LogP contribution >= 0.6 is 34.7 Å². The van der Waals surface area contributed by atoms with Gasteiger partial charge in [0.15, 0.2) is 0 Å². The third kappa shape index (κ3) is 5.70. The summed E-state index contributed by atoms with van der Waals surface area (Å²) in [4.78, 5) is 12.6. The molecule has 0 saturated heterocycles. The first kappa shape index (κ1) is 24.0. The predicted molar refractivity (Wildman–Crippen MR) is 139 cm³/mol. The van der Waals surface area contributed by atoms with Crippen LogP contribution in [0.5, 0.6) is 0 Å². The van der Waals surface area contributed by atoms with Gasteiger partial charge in [0, 0.05) is 23.1 Å². The molecule has 172 valence electrons. The minimum absolute atomic E-state index is 0.153. The lowest BCUT2D eigenvalue weighted by molar-refractivity contribution is 0.584. The number of aryl methyl sites for hydroxylation is 1. The standard InChI is InChI=1S/C24H23ClN2O3S3/c1-17-6-2-3-8-19(17)16-31-13-12-26-33(29,30)20-10-11-22-23(14-20)32-24(28)27(22)15-18-7-4-5-9-21(18)25/h2-11,14,26H,12-13,15-16H2,1H3. The highest BCUT2D eigenvalue weighted by molar-refractivity contribution is 7.98. The van der Waals surface area contributed by atoms with E-state index < -0.39 is 10.0 Å². The molecule has 0 aliphatic carbocycles. The van der Waals surface area contributed by atoms with Gasteiger partial charge in [-0.25, -0.2) is 13.1 Å². The molecule has 0 radical (unpaired) electrons. The second-order valence-corrected chi connectivity index (χ2v) is 11.8. The molecule has 0 aliphatic heterocycles. The summed E-state index contributed by atoms with van der Waals surface area (Å²) in [7, 11) is -3.66. The van der Waals surface area contributed by atoms with Crippen molar-refractivity contribution in [1.29, 1.82) is 0 Å². The highest BCUT2D eigenvalue weighted by Gasteiger charge is 2.17. The van der Waals surface area contributed by atoms with Gasteiger partial charge >= 0.3 is 4.87 Å². The van der Waals surface area contributed by atoms with Gasteiger partial charge in [-0.15, -0.1) is 0 Å². The monoisotopic (exact) mass is 518 g/mol. The molecule has 0 bridgehead atoms. The SMILES string of the molecule is Cc1ccccc1CSCCNS(=O)(=O)c1ccc2c(c1)sc(=O)n2Cc1ccccc1Cl. The van der Waals surface area contributed by atoms with Crippen LogP contribution in [0.3, 0.4) is 0 Å². The Labute approximate surface area is 206 Å². The van der Waals surface area contributed by atoms with Crippen molar-refractivity contribution >= 4 is 54.9 Å². The molecule has 4 aromatic rings. The molecule has 0 fully saturated rings. The number of nitrogens with one attached hydrogen (secondary N) is 1. The summed E-state index contributed by atoms with van der Waals surface area (Å²) < 4.78 is 30.5. The van der Waals surface area contributed by atoms with Crippen molar-refractivity contribution in [3.8, 4) is 0 Å². The number of sulfonamides is 1. The van der Waals surface area contributed by atoms with E-state index in [9.17, 15) is 13.2 Å². The molecule has 0 amide bonds. The van der Waals surface area contributed by atoms with Crippen molar-refractivity contribution in [2.75, 3.05) is 12.3 Å². The molecule has 1 N–H and O–H groups in total. The first-order valence-corrected chi connectivity index (χ1v) is 14.2. The molecule has 9 heteroatoms. The zero-order valence-electron chi connectivity index (χ0n) is 18.0. The topological polar surface area (TPSA) is 68.2 Å². The molecule has 1 heterocycles. The van der Waals surface area contributed by atoms with Crippen LogP contribution in [0.4, 0.5) is 0 Å². The van der Waals surface area contributed by atoms with Crippen molar-refractivity contribution in [2.24, 2.45) is 0 Å². The lowest BCUT2D eigenvalue weighted by Crippen LogP contribution is -2.26. The summed E-state index contributed by atoms with van der Waals surface area (Å²) >= 11 is 8.96. The van der Waals surface area contributed by atoms with E-state index in [2.05, 4.69) is 23.8 Å². The maximum atomic E-state index is 12.8. The summed E-state index contributed by atoms with van der Waals surface area (Å²) in [6, 6.07) is 20.3. The summed E-state index contributed by atoms with van der Waals surface area (Å²) in [6.07, 6.45) is 0. The van der Waals surface area contributed by atoms with E-state index in [1.54, 1.807) is 40.6 Å². The number of hydrogen-bond donors (Lipinski definition) is 1. The number of benzene rings is 3. The molecule has 0 aliphatic rings. The number of thioether (sulfide) groups is 1. The first-order chi connectivity index (χ1) is 15.8. The Bertz CT molecular complexity index is 1440. The van der Waals surface area contributed by atoms with Gasteiger partial charge in [-0.1, -0.05) is 65.4 Å². The zero-order chi connectivity index (χ0) is 23.4. The normalized spacial score (nSPS) is 11.8. The average molecular weight is 519 g/mol. The molecule has 0 saturated carbocycles. The fourth-order valence-electron chi connectivity index (χ4n) is 3.45. The summed E-state index contributed by atoms with van der Waals surface area (Å²) in [5.41, 5.74) is 4.02. The van der Waals surface area contributed by atoms with E-state index in [0.717, 1.165) is 22.7 Å². The van der Waals surface area contributed by atoms with Gasteiger partial charge in [-0.3, -0.25) is 9.36 Å². The Balaban J connectivity index is 1.43. The molecule has 5 nitrogen and oxygen atoms in total. The Kier molecular flexibility index (Phi) is 7.61. The molecule has 4 rings (SSSR count). The zero-order valence-corrected chi connectivity index (χ0v) is 21.2. The maximum absolute atomic E-state index is 12.8. The minimum atomic E-state index is -3.66. The number of aromatic nitrogens is 1. The molecular formula is C24H23ClN2O3S3. The van der Waals surface area contributed by atoms with Crippen molar-refractivity contribution in [3.63, 3.8) is 0 Å². The van der Waals surface area contributed by atoms with Crippen LogP contribution < -0.4 is 9.60 Å². The van der Waals surface area contributed by atoms with E-state index in [4.69, 9.17) is 11.6 Å². The molecular weight excluding hydrogens is 496 g/mol. The number of hydrogen-bond acceptors (Lipinski definition) is 5. The van der Waals surface area contributed by atoms with Crippen LogP contribution in [0.1, 0.15) is 16.7 Å². The smallest absolute Gasteiger partial charge is 0.294 e. The van der Waals surface area contributed by atoms with Crippen LogP contribution in [-0.4, -0.2) is 25.3 Å². The van der Waals surface area contributed by atoms with E-state index in [0.29, 0.717) is 34.1 Å². The molecule has 0 spiro atoms. The second-order valence-electron chi connectivity index (χ2n) is 7.55. The Morgan fingerprint density at radius 2 is 1.76 bits per heavy atom. The molecule has 0 atom stereocenters. The number of fused-ring (bicyclic) bond motifs is 1. The summed E-state index contributed by atoms with van der Waals surface area (Å²) in [5.74, 6) is 1.50. The Morgan fingerprint density at radius 1 is 1.03 bits per heavy atom. The van der Waals surface area contributed by atoms with Crippen molar-refractivity contribution in [2.45, 2.75) is 24.1 Å². The lowest BCUT2D eigenvalue weighted by Gasteiger charge is -2.09. The minimum Gasteiger partial charge on any atom is -0.294 e. The molecule has 0 unspecified atom stereocenters. The maximum Gasteiger partial charge on any atom is 0.308 e. The third-order valence-corrected chi connectivity index (χ3v) is 9.07. The van der Waals surface area contributed by atoms with Crippen LogP contribution in [-0.2, 0) is 22.3 Å². The fraction of sp³-hybridized carbons (Fsp3) is 0.208. The molecule has 1 aromatic heterocycles. The average Bonchev–Trinajstić information content (AvgIpc) is 3.10. The number of halogens is 1.